The lowest BCUT2D eigenvalue weighted by molar-refractivity contribution is 0.138. The minimum Gasteiger partial charge on any atom is -0.383 e. The molecule has 1 heterocycles. The Labute approximate surface area is 114 Å². The van der Waals surface area contributed by atoms with E-state index in [-0.39, 0.29) is 0 Å². The minimum absolute atomic E-state index is 0.712. The molecule has 0 atom stereocenters. The molecule has 0 amide bonds. The first-order valence-corrected chi connectivity index (χ1v) is 6.45. The van der Waals surface area contributed by atoms with Gasteiger partial charge in [-0.15, -0.1) is 0 Å². The van der Waals surface area contributed by atoms with Gasteiger partial charge in [0.1, 0.15) is 5.76 Å². The Morgan fingerprint density at radius 3 is 2.63 bits per heavy atom. The van der Waals surface area contributed by atoms with Gasteiger partial charge in [0.2, 0.25) is 0 Å². The molecule has 0 unspecified atom stereocenters. The van der Waals surface area contributed by atoms with Gasteiger partial charge < -0.3 is 9.26 Å². The van der Waals surface area contributed by atoms with Gasteiger partial charge in [-0.25, -0.2) is 0 Å². The van der Waals surface area contributed by atoms with Crippen LogP contribution in [0.25, 0.3) is 0 Å². The van der Waals surface area contributed by atoms with E-state index in [1.54, 1.807) is 7.11 Å². The van der Waals surface area contributed by atoms with Crippen LogP contribution in [0.15, 0.2) is 40.9 Å². The molecule has 19 heavy (non-hydrogen) atoms. The highest BCUT2D eigenvalue weighted by Gasteiger charge is 2.09. The summed E-state index contributed by atoms with van der Waals surface area (Å²) in [7, 11) is 1.72. The summed E-state index contributed by atoms with van der Waals surface area (Å²) < 4.78 is 10.3. The topological polar surface area (TPSA) is 38.5 Å². The minimum atomic E-state index is 0.712. The molecule has 0 saturated carbocycles. The summed E-state index contributed by atoms with van der Waals surface area (Å²) in [4.78, 5) is 2.30. The van der Waals surface area contributed by atoms with E-state index in [0.29, 0.717) is 6.61 Å². The molecule has 0 aliphatic carbocycles. The summed E-state index contributed by atoms with van der Waals surface area (Å²) in [5, 5.41) is 4.05. The number of hydrogen-bond donors (Lipinski definition) is 0. The molecule has 0 saturated heterocycles. The van der Waals surface area contributed by atoms with E-state index >= 15 is 0 Å². The lowest BCUT2D eigenvalue weighted by Gasteiger charge is -2.20. The average Bonchev–Trinajstić information content (AvgIpc) is 2.82. The maximum absolute atomic E-state index is 5.17. The molecular formula is C15H20N2O2. The number of aromatic nitrogens is 1. The van der Waals surface area contributed by atoms with Gasteiger partial charge in [0.15, 0.2) is 0 Å². The van der Waals surface area contributed by atoms with Gasteiger partial charge in [0, 0.05) is 32.8 Å². The largest absolute Gasteiger partial charge is 0.383 e. The van der Waals surface area contributed by atoms with Crippen LogP contribution in [0.4, 0.5) is 0 Å². The van der Waals surface area contributed by atoms with Crippen molar-refractivity contribution in [1.29, 1.82) is 0 Å². The number of nitrogens with zero attached hydrogens (tertiary/aromatic N) is 2. The zero-order valence-corrected chi connectivity index (χ0v) is 11.5. The predicted molar refractivity (Wildman–Crippen MR) is 73.7 cm³/mol. The van der Waals surface area contributed by atoms with Crippen molar-refractivity contribution in [2.75, 3.05) is 20.3 Å². The quantitative estimate of drug-likeness (QED) is 0.767. The first-order chi connectivity index (χ1) is 9.28. The molecule has 0 radical (unpaired) electrons. The highest BCUT2D eigenvalue weighted by Crippen LogP contribution is 2.10. The Balaban J connectivity index is 1.99. The Bertz CT molecular complexity index is 482. The van der Waals surface area contributed by atoms with Crippen molar-refractivity contribution in [1.82, 2.24) is 10.1 Å². The van der Waals surface area contributed by atoms with E-state index in [1.807, 2.05) is 19.1 Å². The molecular weight excluding hydrogens is 240 g/mol. The Morgan fingerprint density at radius 2 is 2.00 bits per heavy atom. The second-order valence-corrected chi connectivity index (χ2v) is 4.62. The SMILES string of the molecule is COCCN(Cc1ccccc1)Cc1cc(C)on1. The number of aryl methyl sites for hydroxylation is 1. The average molecular weight is 260 g/mol. The number of ether oxygens (including phenoxy) is 1. The molecule has 0 N–H and O–H groups in total. The van der Waals surface area contributed by atoms with Crippen molar-refractivity contribution in [3.63, 3.8) is 0 Å². The highest BCUT2D eigenvalue weighted by molar-refractivity contribution is 5.14. The molecule has 0 bridgehead atoms. The lowest BCUT2D eigenvalue weighted by atomic mass is 10.2. The van der Waals surface area contributed by atoms with Crippen LogP contribution in [0.2, 0.25) is 0 Å². The fourth-order valence-electron chi connectivity index (χ4n) is 2.00. The third-order valence-electron chi connectivity index (χ3n) is 2.92. The number of rotatable bonds is 7. The molecule has 2 rings (SSSR count). The standard InChI is InChI=1S/C15H20N2O2/c1-13-10-15(16-19-13)12-17(8-9-18-2)11-14-6-4-3-5-7-14/h3-7,10H,8-9,11-12H2,1-2H3. The van der Waals surface area contributed by atoms with Gasteiger partial charge in [-0.2, -0.15) is 0 Å². The molecule has 1 aromatic carbocycles. The van der Waals surface area contributed by atoms with Gasteiger partial charge in [-0.3, -0.25) is 4.90 Å². The van der Waals surface area contributed by atoms with Crippen LogP contribution in [0, 0.1) is 6.92 Å². The Morgan fingerprint density at radius 1 is 1.21 bits per heavy atom. The molecule has 0 aliphatic heterocycles. The summed E-state index contributed by atoms with van der Waals surface area (Å²) in [5.74, 6) is 0.849. The molecule has 102 valence electrons. The predicted octanol–water partition coefficient (Wildman–Crippen LogP) is 2.63. The van der Waals surface area contributed by atoms with Gasteiger partial charge in [-0.05, 0) is 12.5 Å². The van der Waals surface area contributed by atoms with E-state index in [0.717, 1.165) is 31.1 Å². The molecule has 4 nitrogen and oxygen atoms in total. The first-order valence-electron chi connectivity index (χ1n) is 6.45. The summed E-state index contributed by atoms with van der Waals surface area (Å²) in [5.41, 5.74) is 2.25. The fourth-order valence-corrected chi connectivity index (χ4v) is 2.00. The van der Waals surface area contributed by atoms with Crippen molar-refractivity contribution in [3.8, 4) is 0 Å². The van der Waals surface area contributed by atoms with Gasteiger partial charge >= 0.3 is 0 Å². The van der Waals surface area contributed by atoms with Gasteiger partial charge in [0.05, 0.1) is 12.3 Å². The second kappa shape index (κ2) is 7.07. The third-order valence-corrected chi connectivity index (χ3v) is 2.92. The van der Waals surface area contributed by atoms with Gasteiger partial charge in [-0.1, -0.05) is 35.5 Å². The Hall–Kier alpha value is -1.65. The number of hydrogen-bond acceptors (Lipinski definition) is 4. The maximum Gasteiger partial charge on any atom is 0.133 e. The van der Waals surface area contributed by atoms with Crippen LogP contribution in [0.3, 0.4) is 0 Å². The molecule has 1 aromatic heterocycles. The Kier molecular flexibility index (Phi) is 5.12. The monoisotopic (exact) mass is 260 g/mol. The van der Waals surface area contributed by atoms with E-state index in [4.69, 9.17) is 9.26 Å². The van der Waals surface area contributed by atoms with Crippen LogP contribution in [-0.4, -0.2) is 30.3 Å². The first kappa shape index (κ1) is 13.8. The summed E-state index contributed by atoms with van der Waals surface area (Å²) in [6, 6.07) is 12.4. The highest BCUT2D eigenvalue weighted by atomic mass is 16.5. The number of methoxy groups -OCH3 is 1. The van der Waals surface area contributed by atoms with E-state index < -0.39 is 0 Å². The van der Waals surface area contributed by atoms with Crippen LogP contribution in [0.1, 0.15) is 17.0 Å². The van der Waals surface area contributed by atoms with E-state index in [2.05, 4.69) is 34.3 Å². The van der Waals surface area contributed by atoms with Crippen molar-refractivity contribution >= 4 is 0 Å². The van der Waals surface area contributed by atoms with E-state index in [9.17, 15) is 0 Å². The van der Waals surface area contributed by atoms with Crippen LogP contribution < -0.4 is 0 Å². The zero-order valence-electron chi connectivity index (χ0n) is 11.5. The van der Waals surface area contributed by atoms with Crippen LogP contribution >= 0.6 is 0 Å². The fraction of sp³-hybridized carbons (Fsp3) is 0.400. The summed E-state index contributed by atoms with van der Waals surface area (Å²) >= 11 is 0. The summed E-state index contributed by atoms with van der Waals surface area (Å²) in [6.07, 6.45) is 0. The van der Waals surface area contributed by atoms with Crippen LogP contribution in [0.5, 0.6) is 0 Å². The van der Waals surface area contributed by atoms with E-state index in [1.165, 1.54) is 5.56 Å². The van der Waals surface area contributed by atoms with Crippen molar-refractivity contribution in [2.45, 2.75) is 20.0 Å². The second-order valence-electron chi connectivity index (χ2n) is 4.62. The molecule has 0 fully saturated rings. The molecule has 0 aliphatic rings. The van der Waals surface area contributed by atoms with Crippen LogP contribution in [-0.2, 0) is 17.8 Å². The van der Waals surface area contributed by atoms with Crippen molar-refractivity contribution in [2.24, 2.45) is 0 Å². The number of benzene rings is 1. The van der Waals surface area contributed by atoms with Crippen molar-refractivity contribution < 1.29 is 9.26 Å². The molecule has 2 aromatic rings. The third kappa shape index (κ3) is 4.50. The van der Waals surface area contributed by atoms with Crippen molar-refractivity contribution in [3.05, 3.63) is 53.4 Å². The zero-order chi connectivity index (χ0) is 13.5. The smallest absolute Gasteiger partial charge is 0.133 e. The molecule has 4 heteroatoms. The van der Waals surface area contributed by atoms with Gasteiger partial charge in [0.25, 0.3) is 0 Å². The maximum atomic E-state index is 5.17. The molecule has 0 spiro atoms. The summed E-state index contributed by atoms with van der Waals surface area (Å²) in [6.45, 7) is 5.15. The normalized spacial score (nSPS) is 11.1. The lowest BCUT2D eigenvalue weighted by Crippen LogP contribution is -2.26.